The van der Waals surface area contributed by atoms with Gasteiger partial charge in [0.25, 0.3) is 0 Å². The van der Waals surface area contributed by atoms with E-state index in [1.807, 2.05) is 6.07 Å². The molecule has 2 N–H and O–H groups in total. The standard InChI is InChI=1S/C28H40N2O5/c1-26-10-7-20(35-25(32)30-14-13-29-17-30)15-19(26)4-5-23-22(26)8-11-27(2)21(9-12-28(23,27)33)18-3-6-24(31)34-16-18/h3,6,16,19-23,29,33H,4-5,7-15,17H2,1-2H3/t19-,20+,21-,22+,23?,26+,27-,28+/m1/s1. The first-order valence-electron chi connectivity index (χ1n) is 13.7. The molecule has 7 nitrogen and oxygen atoms in total. The van der Waals surface area contributed by atoms with Gasteiger partial charge in [0, 0.05) is 24.6 Å². The summed E-state index contributed by atoms with van der Waals surface area (Å²) in [6.45, 7) is 6.89. The second-order valence-corrected chi connectivity index (χ2v) is 12.6. The normalized spacial score (nSPS) is 44.9. The molecule has 1 amide bonds. The molecule has 5 aliphatic rings. The molecule has 1 aromatic rings. The fraction of sp³-hybridized carbons (Fsp3) is 0.786. The van der Waals surface area contributed by atoms with Crippen molar-refractivity contribution in [3.63, 3.8) is 0 Å². The third-order valence-corrected chi connectivity index (χ3v) is 11.3. The molecule has 1 aliphatic heterocycles. The maximum atomic E-state index is 12.6. The lowest BCUT2D eigenvalue weighted by Gasteiger charge is -2.63. The molecule has 0 spiro atoms. The van der Waals surface area contributed by atoms with E-state index in [9.17, 15) is 14.7 Å². The highest BCUT2D eigenvalue weighted by atomic mass is 16.6. The average molecular weight is 485 g/mol. The van der Waals surface area contributed by atoms with Crippen LogP contribution >= 0.6 is 0 Å². The van der Waals surface area contributed by atoms with Crippen LogP contribution in [0.5, 0.6) is 0 Å². The van der Waals surface area contributed by atoms with E-state index in [0.717, 1.165) is 76.4 Å². The molecule has 5 fully saturated rings. The summed E-state index contributed by atoms with van der Waals surface area (Å²) in [5, 5.41) is 15.6. The molecule has 6 rings (SSSR count). The van der Waals surface area contributed by atoms with E-state index in [0.29, 0.717) is 24.4 Å². The van der Waals surface area contributed by atoms with Crippen LogP contribution in [-0.4, -0.2) is 47.6 Å². The van der Waals surface area contributed by atoms with E-state index in [1.165, 1.54) is 6.07 Å². The maximum Gasteiger partial charge on any atom is 0.411 e. The molecule has 35 heavy (non-hydrogen) atoms. The zero-order chi connectivity index (χ0) is 24.4. The summed E-state index contributed by atoms with van der Waals surface area (Å²) in [6, 6.07) is 3.41. The van der Waals surface area contributed by atoms with Gasteiger partial charge in [-0.25, -0.2) is 9.59 Å². The van der Waals surface area contributed by atoms with Crippen LogP contribution in [0.25, 0.3) is 0 Å². The highest BCUT2D eigenvalue weighted by molar-refractivity contribution is 5.68. The largest absolute Gasteiger partial charge is 0.446 e. The highest BCUT2D eigenvalue weighted by Crippen LogP contribution is 2.70. The molecule has 0 radical (unpaired) electrons. The van der Waals surface area contributed by atoms with Gasteiger partial charge in [-0.15, -0.1) is 0 Å². The topological polar surface area (TPSA) is 92.0 Å². The number of aliphatic hydroxyl groups is 1. The number of nitrogens with zero attached hydrogens (tertiary/aromatic N) is 1. The van der Waals surface area contributed by atoms with Gasteiger partial charge >= 0.3 is 11.7 Å². The molecule has 8 atom stereocenters. The van der Waals surface area contributed by atoms with Crippen molar-refractivity contribution in [1.29, 1.82) is 0 Å². The molecule has 0 aromatic carbocycles. The smallest absolute Gasteiger partial charge is 0.411 e. The Bertz CT molecular complexity index is 1020. The van der Waals surface area contributed by atoms with Crippen LogP contribution in [0.1, 0.15) is 83.1 Å². The lowest BCUT2D eigenvalue weighted by atomic mass is 9.43. The Morgan fingerprint density at radius 2 is 1.97 bits per heavy atom. The van der Waals surface area contributed by atoms with Crippen molar-refractivity contribution in [2.45, 2.75) is 89.3 Å². The van der Waals surface area contributed by atoms with Gasteiger partial charge in [-0.05, 0) is 98.5 Å². The number of ether oxygens (including phenoxy) is 1. The summed E-state index contributed by atoms with van der Waals surface area (Å²) in [5.74, 6) is 1.57. The Labute approximate surface area is 207 Å². The minimum absolute atomic E-state index is 0.0123. The molecule has 1 aromatic heterocycles. The summed E-state index contributed by atoms with van der Waals surface area (Å²) >= 11 is 0. The van der Waals surface area contributed by atoms with Gasteiger partial charge in [-0.1, -0.05) is 13.8 Å². The zero-order valence-electron chi connectivity index (χ0n) is 21.1. The number of carbonyl (C=O) groups excluding carboxylic acids is 1. The fourth-order valence-electron chi connectivity index (χ4n) is 9.27. The second-order valence-electron chi connectivity index (χ2n) is 12.6. The highest BCUT2D eigenvalue weighted by Gasteiger charge is 2.67. The zero-order valence-corrected chi connectivity index (χ0v) is 21.1. The maximum absolute atomic E-state index is 12.6. The van der Waals surface area contributed by atoms with Crippen LogP contribution < -0.4 is 10.9 Å². The lowest BCUT2D eigenvalue weighted by Crippen LogP contribution is -2.62. The Hall–Kier alpha value is -1.86. The van der Waals surface area contributed by atoms with Gasteiger partial charge < -0.3 is 14.3 Å². The van der Waals surface area contributed by atoms with Gasteiger partial charge in [0.15, 0.2) is 0 Å². The van der Waals surface area contributed by atoms with Crippen LogP contribution in [0, 0.1) is 28.6 Å². The Morgan fingerprint density at radius 3 is 2.71 bits per heavy atom. The van der Waals surface area contributed by atoms with Gasteiger partial charge in [0.1, 0.15) is 6.10 Å². The molecule has 0 bridgehead atoms. The molecule has 7 heteroatoms. The molecule has 1 unspecified atom stereocenters. The number of nitrogens with one attached hydrogen (secondary N) is 1. The molecular weight excluding hydrogens is 444 g/mol. The van der Waals surface area contributed by atoms with Crippen LogP contribution in [0.15, 0.2) is 27.6 Å². The molecule has 192 valence electrons. The summed E-state index contributed by atoms with van der Waals surface area (Å²) in [6.07, 6.45) is 10.4. The van der Waals surface area contributed by atoms with E-state index in [-0.39, 0.29) is 34.6 Å². The molecule has 4 aliphatic carbocycles. The summed E-state index contributed by atoms with van der Waals surface area (Å²) in [5.41, 5.74) is 0.0395. The SMILES string of the molecule is C[C@]12CC[C@H](OC(=O)N3CCNC3)C[C@H]1CCC1[C@@H]2CC[C@]2(C)[C@@H](c3ccc(=O)oc3)CC[C@]12O. The number of carbonyl (C=O) groups is 1. The van der Waals surface area contributed by atoms with E-state index < -0.39 is 5.60 Å². The molecule has 4 saturated carbocycles. The first-order valence-corrected chi connectivity index (χ1v) is 13.7. The van der Waals surface area contributed by atoms with Crippen molar-refractivity contribution in [3.05, 3.63) is 34.4 Å². The van der Waals surface area contributed by atoms with Gasteiger partial charge in [-0.2, -0.15) is 0 Å². The van der Waals surface area contributed by atoms with E-state index in [4.69, 9.17) is 9.15 Å². The molecule has 1 saturated heterocycles. The lowest BCUT2D eigenvalue weighted by molar-refractivity contribution is -0.205. The summed E-state index contributed by atoms with van der Waals surface area (Å²) in [4.78, 5) is 25.8. The van der Waals surface area contributed by atoms with Crippen molar-refractivity contribution in [3.8, 4) is 0 Å². The van der Waals surface area contributed by atoms with E-state index in [1.54, 1.807) is 11.2 Å². The summed E-state index contributed by atoms with van der Waals surface area (Å²) in [7, 11) is 0. The van der Waals surface area contributed by atoms with Crippen LogP contribution in [0.4, 0.5) is 4.79 Å². The molecule has 2 heterocycles. The van der Waals surface area contributed by atoms with Gasteiger partial charge in [0.05, 0.1) is 18.5 Å². The monoisotopic (exact) mass is 484 g/mol. The number of hydrogen-bond acceptors (Lipinski definition) is 6. The number of rotatable bonds is 2. The van der Waals surface area contributed by atoms with Crippen LogP contribution in [0.2, 0.25) is 0 Å². The minimum atomic E-state index is -0.684. The van der Waals surface area contributed by atoms with Crippen molar-refractivity contribution < 1.29 is 19.1 Å². The second kappa shape index (κ2) is 8.34. The third-order valence-electron chi connectivity index (χ3n) is 11.3. The minimum Gasteiger partial charge on any atom is -0.446 e. The average Bonchev–Trinajstić information content (AvgIpc) is 3.47. The van der Waals surface area contributed by atoms with E-state index >= 15 is 0 Å². The van der Waals surface area contributed by atoms with E-state index in [2.05, 4.69) is 19.2 Å². The Kier molecular flexibility index (Phi) is 5.61. The van der Waals surface area contributed by atoms with Crippen molar-refractivity contribution >= 4 is 6.09 Å². The van der Waals surface area contributed by atoms with Gasteiger partial charge in [-0.3, -0.25) is 10.2 Å². The van der Waals surface area contributed by atoms with Crippen molar-refractivity contribution in [2.24, 2.45) is 28.6 Å². The predicted molar refractivity (Wildman–Crippen MR) is 131 cm³/mol. The van der Waals surface area contributed by atoms with Crippen LogP contribution in [0.3, 0.4) is 0 Å². The van der Waals surface area contributed by atoms with Crippen molar-refractivity contribution in [1.82, 2.24) is 10.2 Å². The number of fused-ring (bicyclic) bond motifs is 5. The first-order chi connectivity index (χ1) is 16.7. The number of hydrogen-bond donors (Lipinski definition) is 2. The van der Waals surface area contributed by atoms with Crippen LogP contribution in [-0.2, 0) is 4.74 Å². The quantitative estimate of drug-likeness (QED) is 0.652. The van der Waals surface area contributed by atoms with Crippen molar-refractivity contribution in [2.75, 3.05) is 19.8 Å². The third kappa shape index (κ3) is 3.51. The Balaban J connectivity index is 1.19. The van der Waals surface area contributed by atoms with Gasteiger partial charge in [0.2, 0.25) is 0 Å². The fourth-order valence-corrected chi connectivity index (χ4v) is 9.27. The first kappa shape index (κ1) is 23.5. The summed E-state index contributed by atoms with van der Waals surface area (Å²) < 4.78 is 11.2. The number of amides is 1. The molecular formula is C28H40N2O5. The Morgan fingerprint density at radius 1 is 1.11 bits per heavy atom. The predicted octanol–water partition coefficient (Wildman–Crippen LogP) is 4.25.